The molecule has 6 nitrogen and oxygen atoms in total. The molecule has 4 rings (SSSR count). The third-order valence-electron chi connectivity index (χ3n) is 4.79. The zero-order valence-electron chi connectivity index (χ0n) is 15.8. The number of fused-ring (bicyclic) bond motifs is 3. The van der Waals surface area contributed by atoms with E-state index in [9.17, 15) is 4.79 Å². The smallest absolute Gasteiger partial charge is 0.338 e. The first kappa shape index (κ1) is 17.9. The maximum Gasteiger partial charge on any atom is 0.338 e. The van der Waals surface area contributed by atoms with Gasteiger partial charge in [0.25, 0.3) is 0 Å². The monoisotopic (exact) mass is 375 g/mol. The van der Waals surface area contributed by atoms with Gasteiger partial charge in [-0.15, -0.1) is 0 Å². The second-order valence-electron chi connectivity index (χ2n) is 6.52. The number of hydrogen-bond acceptors (Lipinski definition) is 5. The van der Waals surface area contributed by atoms with E-state index in [1.165, 1.54) is 0 Å². The topological polar surface area (TPSA) is 65.4 Å². The fourth-order valence-corrected chi connectivity index (χ4v) is 3.57. The summed E-state index contributed by atoms with van der Waals surface area (Å²) in [6.45, 7) is 5.64. The van der Waals surface area contributed by atoms with E-state index in [4.69, 9.17) is 14.5 Å². The summed E-state index contributed by atoms with van der Waals surface area (Å²) in [5, 5.41) is 3.26. The van der Waals surface area contributed by atoms with Crippen molar-refractivity contribution in [1.82, 2.24) is 9.55 Å². The predicted octanol–water partition coefficient (Wildman–Crippen LogP) is 4.06. The van der Waals surface area contributed by atoms with Crippen molar-refractivity contribution in [1.29, 1.82) is 0 Å². The van der Waals surface area contributed by atoms with Crippen molar-refractivity contribution in [2.24, 2.45) is 0 Å². The quantitative estimate of drug-likeness (QED) is 0.538. The van der Waals surface area contributed by atoms with Gasteiger partial charge in [0.15, 0.2) is 0 Å². The number of nitrogens with zero attached hydrogens (tertiary/aromatic N) is 2. The number of ether oxygens (including phenoxy) is 2. The molecule has 1 unspecified atom stereocenters. The van der Waals surface area contributed by atoms with E-state index in [0.717, 1.165) is 22.3 Å². The Kier molecular flexibility index (Phi) is 4.61. The third-order valence-corrected chi connectivity index (χ3v) is 4.79. The zero-order valence-corrected chi connectivity index (χ0v) is 15.8. The van der Waals surface area contributed by atoms with Crippen LogP contribution in [-0.2, 0) is 9.53 Å². The highest BCUT2D eigenvalue weighted by Crippen LogP contribution is 2.40. The Morgan fingerprint density at radius 1 is 1.29 bits per heavy atom. The Morgan fingerprint density at radius 2 is 2.11 bits per heavy atom. The van der Waals surface area contributed by atoms with E-state index < -0.39 is 6.04 Å². The molecule has 0 saturated carbocycles. The number of hydrogen-bond donors (Lipinski definition) is 1. The first-order chi connectivity index (χ1) is 13.6. The first-order valence-corrected chi connectivity index (χ1v) is 9.00. The molecule has 1 aliphatic heterocycles. The van der Waals surface area contributed by atoms with Gasteiger partial charge >= 0.3 is 5.97 Å². The number of esters is 1. The highest BCUT2D eigenvalue weighted by atomic mass is 16.5. The van der Waals surface area contributed by atoms with Gasteiger partial charge in [0.2, 0.25) is 5.95 Å². The molecule has 0 saturated heterocycles. The number of nitrogens with one attached hydrogen (secondary N) is 1. The SMILES string of the molecule is C=CCOC(=O)C1=C(C)Nc2nc3ccccc3n2C1c1cccc(OC)c1. The number of para-hydroxylation sites is 2. The third kappa shape index (κ3) is 2.93. The molecule has 0 amide bonds. The highest BCUT2D eigenvalue weighted by molar-refractivity contribution is 5.94. The second kappa shape index (κ2) is 7.23. The molecule has 2 heterocycles. The molecule has 1 N–H and O–H groups in total. The number of rotatable bonds is 5. The largest absolute Gasteiger partial charge is 0.497 e. The van der Waals surface area contributed by atoms with Gasteiger partial charge in [-0.25, -0.2) is 9.78 Å². The van der Waals surface area contributed by atoms with Crippen LogP contribution in [0.1, 0.15) is 18.5 Å². The van der Waals surface area contributed by atoms with Crippen molar-refractivity contribution in [3.63, 3.8) is 0 Å². The number of carbonyl (C=O) groups is 1. The summed E-state index contributed by atoms with van der Waals surface area (Å²) in [5.74, 6) is 1.02. The Hall–Kier alpha value is -3.54. The van der Waals surface area contributed by atoms with Crippen molar-refractivity contribution in [2.75, 3.05) is 19.0 Å². The fourth-order valence-electron chi connectivity index (χ4n) is 3.57. The lowest BCUT2D eigenvalue weighted by molar-refractivity contribution is -0.138. The summed E-state index contributed by atoms with van der Waals surface area (Å²) < 4.78 is 12.8. The van der Waals surface area contributed by atoms with Gasteiger partial charge in [0.1, 0.15) is 12.4 Å². The average molecular weight is 375 g/mol. The Balaban J connectivity index is 1.94. The summed E-state index contributed by atoms with van der Waals surface area (Å²) in [5.41, 5.74) is 3.94. The predicted molar refractivity (Wildman–Crippen MR) is 108 cm³/mol. The minimum atomic E-state index is -0.393. The number of allylic oxidation sites excluding steroid dienone is 1. The van der Waals surface area contributed by atoms with E-state index in [0.29, 0.717) is 17.2 Å². The highest BCUT2D eigenvalue weighted by Gasteiger charge is 2.35. The van der Waals surface area contributed by atoms with Gasteiger partial charge in [-0.3, -0.25) is 4.57 Å². The Labute approximate surface area is 163 Å². The Bertz CT molecular complexity index is 1100. The molecular formula is C22H21N3O3. The van der Waals surface area contributed by atoms with Crippen molar-refractivity contribution < 1.29 is 14.3 Å². The van der Waals surface area contributed by atoms with Gasteiger partial charge in [-0.2, -0.15) is 0 Å². The van der Waals surface area contributed by atoms with E-state index >= 15 is 0 Å². The molecule has 0 radical (unpaired) electrons. The molecule has 142 valence electrons. The molecule has 0 aliphatic carbocycles. The van der Waals surface area contributed by atoms with Crippen LogP contribution in [0, 0.1) is 0 Å². The molecule has 28 heavy (non-hydrogen) atoms. The molecule has 1 atom stereocenters. The first-order valence-electron chi connectivity index (χ1n) is 9.00. The Morgan fingerprint density at radius 3 is 2.89 bits per heavy atom. The van der Waals surface area contributed by atoms with Gasteiger partial charge in [0, 0.05) is 5.70 Å². The molecule has 0 bridgehead atoms. The van der Waals surface area contributed by atoms with E-state index in [-0.39, 0.29) is 12.6 Å². The van der Waals surface area contributed by atoms with Crippen LogP contribution in [0.2, 0.25) is 0 Å². The molecule has 1 aromatic heterocycles. The number of anilines is 1. The number of benzene rings is 2. The molecule has 3 aromatic rings. The van der Waals surface area contributed by atoms with Crippen molar-refractivity contribution >= 4 is 23.0 Å². The standard InChI is InChI=1S/C22H21N3O3/c1-4-12-28-21(26)19-14(2)23-22-24-17-10-5-6-11-18(17)25(22)20(19)15-8-7-9-16(13-15)27-3/h4-11,13,20H,1,12H2,2-3H3,(H,23,24). The molecule has 6 heteroatoms. The average Bonchev–Trinajstić information content (AvgIpc) is 3.08. The van der Waals surface area contributed by atoms with Crippen LogP contribution in [-0.4, -0.2) is 29.2 Å². The maximum atomic E-state index is 12.9. The number of methoxy groups -OCH3 is 1. The fraction of sp³-hybridized carbons (Fsp3) is 0.182. The summed E-state index contributed by atoms with van der Waals surface area (Å²) in [6, 6.07) is 15.2. The number of imidazole rings is 1. The zero-order chi connectivity index (χ0) is 19.7. The van der Waals surface area contributed by atoms with Crippen molar-refractivity contribution in [3.8, 4) is 5.75 Å². The normalized spacial score (nSPS) is 15.7. The number of aromatic nitrogens is 2. The maximum absolute atomic E-state index is 12.9. The van der Waals surface area contributed by atoms with Crippen LogP contribution < -0.4 is 10.1 Å². The molecule has 0 fully saturated rings. The van der Waals surface area contributed by atoms with E-state index in [2.05, 4.69) is 11.9 Å². The minimum Gasteiger partial charge on any atom is -0.497 e. The van der Waals surface area contributed by atoms with Gasteiger partial charge < -0.3 is 14.8 Å². The number of carbonyl (C=O) groups excluding carboxylic acids is 1. The second-order valence-corrected chi connectivity index (χ2v) is 6.52. The molecule has 0 spiro atoms. The lowest BCUT2D eigenvalue weighted by Gasteiger charge is -2.30. The molecular weight excluding hydrogens is 354 g/mol. The van der Waals surface area contributed by atoms with Crippen molar-refractivity contribution in [3.05, 3.63) is 78.0 Å². The van der Waals surface area contributed by atoms with Crippen molar-refractivity contribution in [2.45, 2.75) is 13.0 Å². The van der Waals surface area contributed by atoms with Gasteiger partial charge in [-0.05, 0) is 36.8 Å². The van der Waals surface area contributed by atoms with Crippen LogP contribution >= 0.6 is 0 Å². The van der Waals surface area contributed by atoms with Crippen LogP contribution in [0.3, 0.4) is 0 Å². The van der Waals surface area contributed by atoms with E-state index in [1.807, 2.05) is 60.0 Å². The lowest BCUT2D eigenvalue weighted by atomic mass is 9.95. The molecule has 1 aliphatic rings. The molecule has 2 aromatic carbocycles. The van der Waals surface area contributed by atoms with Crippen LogP contribution in [0.4, 0.5) is 5.95 Å². The van der Waals surface area contributed by atoms with Gasteiger partial charge in [0.05, 0.1) is 29.8 Å². The summed E-state index contributed by atoms with van der Waals surface area (Å²) >= 11 is 0. The minimum absolute atomic E-state index is 0.151. The summed E-state index contributed by atoms with van der Waals surface area (Å²) in [4.78, 5) is 17.6. The van der Waals surface area contributed by atoms with Crippen LogP contribution in [0.5, 0.6) is 5.75 Å². The summed E-state index contributed by atoms with van der Waals surface area (Å²) in [6.07, 6.45) is 1.56. The van der Waals surface area contributed by atoms with Crippen LogP contribution in [0.25, 0.3) is 11.0 Å². The lowest BCUT2D eigenvalue weighted by Crippen LogP contribution is -2.29. The van der Waals surface area contributed by atoms with Gasteiger partial charge in [-0.1, -0.05) is 36.9 Å². The summed E-state index contributed by atoms with van der Waals surface area (Å²) in [7, 11) is 1.62. The van der Waals surface area contributed by atoms with Crippen LogP contribution in [0.15, 0.2) is 72.5 Å². The van der Waals surface area contributed by atoms with E-state index in [1.54, 1.807) is 13.2 Å².